The van der Waals surface area contributed by atoms with Crippen molar-refractivity contribution in [2.75, 3.05) is 23.7 Å². The summed E-state index contributed by atoms with van der Waals surface area (Å²) in [4.78, 5) is 23.0. The number of Topliss-reactive ketones (excluding diaryl/α,β-unsaturated/α-hetero) is 1. The Balaban J connectivity index is 2.98. The molecule has 6 nitrogen and oxygen atoms in total. The Kier molecular flexibility index (Phi) is 5.90. The van der Waals surface area contributed by atoms with Crippen LogP contribution < -0.4 is 9.62 Å². The molecule has 0 aliphatic carbocycles. The fourth-order valence-corrected chi connectivity index (χ4v) is 2.57. The van der Waals surface area contributed by atoms with E-state index in [2.05, 4.69) is 5.32 Å². The van der Waals surface area contributed by atoms with Crippen LogP contribution in [0, 0.1) is 0 Å². The fourth-order valence-electron chi connectivity index (χ4n) is 1.71. The molecule has 0 aliphatic heterocycles. The molecular weight excluding hydrogens is 292 g/mol. The highest BCUT2D eigenvalue weighted by molar-refractivity contribution is 7.92. The van der Waals surface area contributed by atoms with Gasteiger partial charge in [-0.2, -0.15) is 0 Å². The van der Waals surface area contributed by atoms with Gasteiger partial charge in [0.2, 0.25) is 15.9 Å². The van der Waals surface area contributed by atoms with Crippen molar-refractivity contribution < 1.29 is 18.0 Å². The summed E-state index contributed by atoms with van der Waals surface area (Å²) < 4.78 is 24.7. The molecule has 0 heterocycles. The monoisotopic (exact) mass is 312 g/mol. The van der Waals surface area contributed by atoms with Crippen molar-refractivity contribution in [2.24, 2.45) is 0 Å². The molecule has 0 aliphatic rings. The van der Waals surface area contributed by atoms with E-state index < -0.39 is 10.0 Å². The predicted molar refractivity (Wildman–Crippen MR) is 81.9 cm³/mol. The van der Waals surface area contributed by atoms with Crippen LogP contribution in [0.4, 0.5) is 5.69 Å². The Morgan fingerprint density at radius 2 is 1.76 bits per heavy atom. The second-order valence-electron chi connectivity index (χ2n) is 4.72. The Morgan fingerprint density at radius 3 is 2.19 bits per heavy atom. The molecule has 0 atom stereocenters. The summed E-state index contributed by atoms with van der Waals surface area (Å²) in [5.41, 5.74) is 0.844. The topological polar surface area (TPSA) is 83.6 Å². The van der Waals surface area contributed by atoms with Crippen LogP contribution >= 0.6 is 0 Å². The maximum atomic E-state index is 11.8. The molecule has 1 amide bonds. The number of hydrogen-bond acceptors (Lipinski definition) is 4. The minimum Gasteiger partial charge on any atom is -0.355 e. The van der Waals surface area contributed by atoms with Crippen molar-refractivity contribution in [3.63, 3.8) is 0 Å². The molecule has 0 aromatic heterocycles. The highest BCUT2D eigenvalue weighted by Crippen LogP contribution is 2.18. The number of rotatable bonds is 7. The fraction of sp³-hybridized carbons (Fsp3) is 0.429. The summed E-state index contributed by atoms with van der Waals surface area (Å²) in [6, 6.07) is 6.12. The predicted octanol–water partition coefficient (Wildman–Crippen LogP) is 1.18. The van der Waals surface area contributed by atoms with E-state index in [4.69, 9.17) is 0 Å². The number of nitrogens with one attached hydrogen (secondary N) is 1. The van der Waals surface area contributed by atoms with Crippen LogP contribution in [-0.4, -0.2) is 39.5 Å². The third-order valence-corrected chi connectivity index (χ3v) is 3.96. The number of hydrogen-bond donors (Lipinski definition) is 1. The second-order valence-corrected chi connectivity index (χ2v) is 6.63. The maximum absolute atomic E-state index is 11.8. The third-order valence-electron chi connectivity index (χ3n) is 2.82. The average molecular weight is 312 g/mol. The van der Waals surface area contributed by atoms with Crippen molar-refractivity contribution >= 4 is 27.4 Å². The number of benzene rings is 1. The zero-order valence-electron chi connectivity index (χ0n) is 12.4. The van der Waals surface area contributed by atoms with E-state index in [0.717, 1.165) is 17.0 Å². The number of carbonyl (C=O) groups excluding carboxylic acids is 2. The van der Waals surface area contributed by atoms with Crippen molar-refractivity contribution in [3.8, 4) is 0 Å². The summed E-state index contributed by atoms with van der Waals surface area (Å²) >= 11 is 0. The van der Waals surface area contributed by atoms with Gasteiger partial charge in [-0.05, 0) is 37.6 Å². The normalized spacial score (nSPS) is 11.0. The molecule has 0 saturated carbocycles. The molecule has 1 N–H and O–H groups in total. The zero-order chi connectivity index (χ0) is 16.0. The Morgan fingerprint density at radius 1 is 1.19 bits per heavy atom. The van der Waals surface area contributed by atoms with Gasteiger partial charge >= 0.3 is 0 Å². The molecule has 0 saturated heterocycles. The summed E-state index contributed by atoms with van der Waals surface area (Å²) in [5.74, 6) is -0.467. The molecule has 1 aromatic rings. The van der Waals surface area contributed by atoms with Gasteiger partial charge < -0.3 is 5.32 Å². The molecule has 7 heteroatoms. The summed E-state index contributed by atoms with van der Waals surface area (Å²) in [6.45, 7) is 3.56. The molecule has 0 radical (unpaired) electrons. The van der Waals surface area contributed by atoms with E-state index in [1.165, 1.54) is 19.1 Å². The minimum absolute atomic E-state index is 0.104. The van der Waals surface area contributed by atoms with Gasteiger partial charge in [0.25, 0.3) is 0 Å². The molecule has 116 valence electrons. The number of nitrogens with zero attached hydrogens (tertiary/aromatic N) is 1. The lowest BCUT2D eigenvalue weighted by molar-refractivity contribution is -0.119. The van der Waals surface area contributed by atoms with Gasteiger partial charge in [-0.25, -0.2) is 8.42 Å². The van der Waals surface area contributed by atoms with Crippen molar-refractivity contribution in [2.45, 2.75) is 20.3 Å². The van der Waals surface area contributed by atoms with Crippen molar-refractivity contribution in [1.29, 1.82) is 0 Å². The Labute approximate surface area is 125 Å². The van der Waals surface area contributed by atoms with Gasteiger partial charge in [-0.3, -0.25) is 13.9 Å². The number of carbonyl (C=O) groups is 2. The first kappa shape index (κ1) is 17.2. The van der Waals surface area contributed by atoms with Crippen LogP contribution in [0.2, 0.25) is 0 Å². The zero-order valence-corrected chi connectivity index (χ0v) is 13.2. The highest BCUT2D eigenvalue weighted by atomic mass is 32.2. The Hall–Kier alpha value is -1.89. The average Bonchev–Trinajstić information content (AvgIpc) is 2.41. The number of anilines is 1. The lowest BCUT2D eigenvalue weighted by Gasteiger charge is -2.22. The lowest BCUT2D eigenvalue weighted by Crippen LogP contribution is -2.40. The highest BCUT2D eigenvalue weighted by Gasteiger charge is 2.20. The van der Waals surface area contributed by atoms with Gasteiger partial charge in [0.05, 0.1) is 11.9 Å². The number of ketones is 1. The van der Waals surface area contributed by atoms with Crippen LogP contribution in [0.1, 0.15) is 30.6 Å². The minimum atomic E-state index is -3.58. The van der Waals surface area contributed by atoms with Gasteiger partial charge in [-0.1, -0.05) is 6.92 Å². The first-order chi connectivity index (χ1) is 9.75. The SMILES string of the molecule is CCCNC(=O)CN(c1ccc(C(C)=O)cc1)S(C)(=O)=O. The number of amides is 1. The van der Waals surface area contributed by atoms with Crippen molar-refractivity contribution in [1.82, 2.24) is 5.32 Å². The third kappa shape index (κ3) is 5.18. The van der Waals surface area contributed by atoms with Gasteiger partial charge in [0.1, 0.15) is 6.54 Å². The van der Waals surface area contributed by atoms with Crippen LogP contribution in [0.25, 0.3) is 0 Å². The summed E-state index contributed by atoms with van der Waals surface area (Å²) in [6.07, 6.45) is 1.82. The quantitative estimate of drug-likeness (QED) is 0.766. The van der Waals surface area contributed by atoms with Gasteiger partial charge in [-0.15, -0.1) is 0 Å². The van der Waals surface area contributed by atoms with Crippen LogP contribution in [0.3, 0.4) is 0 Å². The summed E-state index contributed by atoms with van der Waals surface area (Å²) in [7, 11) is -3.58. The largest absolute Gasteiger partial charge is 0.355 e. The first-order valence-electron chi connectivity index (χ1n) is 6.61. The molecule has 0 spiro atoms. The van der Waals surface area contributed by atoms with Crippen LogP contribution in [0.5, 0.6) is 0 Å². The van der Waals surface area contributed by atoms with E-state index in [1.54, 1.807) is 12.1 Å². The van der Waals surface area contributed by atoms with Gasteiger partial charge in [0.15, 0.2) is 5.78 Å². The molecule has 21 heavy (non-hydrogen) atoms. The standard InChI is InChI=1S/C14H20N2O4S/c1-4-9-15-14(18)10-16(21(3,19)20)13-7-5-12(6-8-13)11(2)17/h5-8H,4,9-10H2,1-3H3,(H,15,18). The van der Waals surface area contributed by atoms with Crippen molar-refractivity contribution in [3.05, 3.63) is 29.8 Å². The first-order valence-corrected chi connectivity index (χ1v) is 8.46. The van der Waals surface area contributed by atoms with E-state index in [-0.39, 0.29) is 18.2 Å². The molecule has 1 aromatic carbocycles. The smallest absolute Gasteiger partial charge is 0.240 e. The van der Waals surface area contributed by atoms with Crippen LogP contribution in [-0.2, 0) is 14.8 Å². The van der Waals surface area contributed by atoms with Crippen LogP contribution in [0.15, 0.2) is 24.3 Å². The second kappa shape index (κ2) is 7.21. The maximum Gasteiger partial charge on any atom is 0.240 e. The lowest BCUT2D eigenvalue weighted by atomic mass is 10.1. The van der Waals surface area contributed by atoms with Gasteiger partial charge in [0, 0.05) is 12.1 Å². The van der Waals surface area contributed by atoms with E-state index in [0.29, 0.717) is 17.8 Å². The van der Waals surface area contributed by atoms with E-state index >= 15 is 0 Å². The molecule has 0 bridgehead atoms. The molecule has 1 rings (SSSR count). The molecular formula is C14H20N2O4S. The van der Waals surface area contributed by atoms with E-state index in [1.807, 2.05) is 6.92 Å². The Bertz CT molecular complexity index is 608. The van der Waals surface area contributed by atoms with E-state index in [9.17, 15) is 18.0 Å². The summed E-state index contributed by atoms with van der Waals surface area (Å²) in [5, 5.41) is 2.64. The number of sulfonamides is 1. The molecule has 0 unspecified atom stereocenters. The molecule has 0 fully saturated rings.